The Kier molecular flexibility index (Phi) is 10.2. The minimum Gasteiger partial charge on any atom is -0.480 e. The Bertz CT molecular complexity index is 595. The van der Waals surface area contributed by atoms with Gasteiger partial charge in [0.1, 0.15) is 29.3 Å². The molecule has 0 aliphatic rings. The SMILES string of the molecule is CC(C)(C)OC(=O)C[C@H](NC[C@H](NCC(N)C(=O)O)C(=O)O)C(=O)OC(C)(C)C. The molecule has 6 N–H and O–H groups in total. The highest BCUT2D eigenvalue weighted by atomic mass is 16.6. The van der Waals surface area contributed by atoms with Crippen LogP contribution < -0.4 is 16.4 Å². The Labute approximate surface area is 170 Å². The number of carbonyl (C=O) groups is 4. The second kappa shape index (κ2) is 11.1. The third-order valence-electron chi connectivity index (χ3n) is 3.25. The van der Waals surface area contributed by atoms with E-state index >= 15 is 0 Å². The summed E-state index contributed by atoms with van der Waals surface area (Å²) in [6, 6.07) is -3.69. The summed E-state index contributed by atoms with van der Waals surface area (Å²) in [5.74, 6) is -3.97. The fourth-order valence-corrected chi connectivity index (χ4v) is 2.03. The lowest BCUT2D eigenvalue weighted by Crippen LogP contribution is -2.53. The third-order valence-corrected chi connectivity index (χ3v) is 3.25. The van der Waals surface area contributed by atoms with Crippen molar-refractivity contribution >= 4 is 23.9 Å². The number of carboxylic acid groups (broad SMARTS) is 2. The van der Waals surface area contributed by atoms with Crippen LogP contribution in [0.15, 0.2) is 0 Å². The molecule has 0 bridgehead atoms. The van der Waals surface area contributed by atoms with Crippen LogP contribution in [0.5, 0.6) is 0 Å². The van der Waals surface area contributed by atoms with Gasteiger partial charge in [0.2, 0.25) is 0 Å². The standard InChI is InChI=1S/C18H33N3O8/c1-17(2,3)28-13(22)7-11(16(27)29-18(4,5)6)21-9-12(15(25)26)20-8-10(19)14(23)24/h10-12,20-21H,7-9,19H2,1-6H3,(H,23,24)(H,25,26)/t10?,11-,12-/m0/s1. The zero-order valence-electron chi connectivity index (χ0n) is 17.8. The fraction of sp³-hybridized carbons (Fsp3) is 0.778. The topological polar surface area (TPSA) is 177 Å². The van der Waals surface area contributed by atoms with Gasteiger partial charge in [0.15, 0.2) is 0 Å². The first-order valence-corrected chi connectivity index (χ1v) is 9.14. The van der Waals surface area contributed by atoms with Crippen LogP contribution in [-0.2, 0) is 28.7 Å². The van der Waals surface area contributed by atoms with Crippen molar-refractivity contribution < 1.29 is 38.9 Å². The van der Waals surface area contributed by atoms with Gasteiger partial charge in [0.05, 0.1) is 6.42 Å². The average Bonchev–Trinajstić information content (AvgIpc) is 2.49. The first-order valence-electron chi connectivity index (χ1n) is 9.14. The number of esters is 2. The van der Waals surface area contributed by atoms with E-state index in [1.54, 1.807) is 41.5 Å². The van der Waals surface area contributed by atoms with Gasteiger partial charge in [-0.3, -0.25) is 19.2 Å². The summed E-state index contributed by atoms with van der Waals surface area (Å²) < 4.78 is 10.5. The van der Waals surface area contributed by atoms with Gasteiger partial charge in [0, 0.05) is 13.1 Å². The quantitative estimate of drug-likeness (QED) is 0.272. The van der Waals surface area contributed by atoms with Crippen LogP contribution in [-0.4, -0.2) is 76.5 Å². The molecule has 11 nitrogen and oxygen atoms in total. The molecule has 3 atom stereocenters. The number of rotatable bonds is 11. The number of hydrogen-bond donors (Lipinski definition) is 5. The van der Waals surface area contributed by atoms with E-state index < -0.39 is 53.2 Å². The first-order chi connectivity index (χ1) is 13.0. The minimum atomic E-state index is -1.29. The van der Waals surface area contributed by atoms with E-state index in [0.29, 0.717) is 0 Å². The van der Waals surface area contributed by atoms with Crippen molar-refractivity contribution in [2.24, 2.45) is 5.73 Å². The average molecular weight is 419 g/mol. The lowest BCUT2D eigenvalue weighted by molar-refractivity contribution is -0.164. The minimum absolute atomic E-state index is 0.283. The molecule has 11 heteroatoms. The van der Waals surface area contributed by atoms with Gasteiger partial charge in [-0.25, -0.2) is 0 Å². The molecule has 1 unspecified atom stereocenters. The van der Waals surface area contributed by atoms with Gasteiger partial charge in [-0.1, -0.05) is 0 Å². The number of nitrogens with two attached hydrogens (primary N) is 1. The van der Waals surface area contributed by atoms with E-state index in [9.17, 15) is 24.3 Å². The molecule has 0 amide bonds. The van der Waals surface area contributed by atoms with Crippen molar-refractivity contribution in [2.75, 3.05) is 13.1 Å². The monoisotopic (exact) mass is 419 g/mol. The number of carboxylic acids is 2. The molecular weight excluding hydrogens is 386 g/mol. The first kappa shape index (κ1) is 26.8. The summed E-state index contributed by atoms with van der Waals surface area (Å²) >= 11 is 0. The predicted octanol–water partition coefficient (Wildman–Crippen LogP) is -0.527. The molecule has 168 valence electrons. The normalized spacial score (nSPS) is 15.1. The Morgan fingerprint density at radius 1 is 0.828 bits per heavy atom. The second-order valence-corrected chi connectivity index (χ2v) is 8.53. The Balaban J connectivity index is 5.15. The molecule has 0 rings (SSSR count). The van der Waals surface area contributed by atoms with E-state index in [-0.39, 0.29) is 19.5 Å². The van der Waals surface area contributed by atoms with Crippen LogP contribution in [0.1, 0.15) is 48.0 Å². The number of ether oxygens (including phenoxy) is 2. The highest BCUT2D eigenvalue weighted by Crippen LogP contribution is 2.13. The Morgan fingerprint density at radius 3 is 1.72 bits per heavy atom. The summed E-state index contributed by atoms with van der Waals surface area (Å²) in [5.41, 5.74) is 3.78. The largest absolute Gasteiger partial charge is 0.480 e. The smallest absolute Gasteiger partial charge is 0.324 e. The van der Waals surface area contributed by atoms with Gasteiger partial charge >= 0.3 is 23.9 Å². The van der Waals surface area contributed by atoms with Gasteiger partial charge < -0.3 is 36.1 Å². The Hall–Kier alpha value is -2.24. The number of nitrogens with one attached hydrogen (secondary N) is 2. The molecule has 0 spiro atoms. The molecule has 0 heterocycles. The molecule has 0 aromatic rings. The number of carbonyl (C=O) groups excluding carboxylic acids is 2. The summed E-state index contributed by atoms with van der Waals surface area (Å²) in [4.78, 5) is 46.7. The van der Waals surface area contributed by atoms with Crippen molar-refractivity contribution in [3.8, 4) is 0 Å². The second-order valence-electron chi connectivity index (χ2n) is 8.53. The van der Waals surface area contributed by atoms with Gasteiger partial charge in [-0.15, -0.1) is 0 Å². The molecule has 29 heavy (non-hydrogen) atoms. The summed E-state index contributed by atoms with van der Waals surface area (Å²) in [5, 5.41) is 23.3. The van der Waals surface area contributed by atoms with Crippen LogP contribution in [0.3, 0.4) is 0 Å². The predicted molar refractivity (Wildman–Crippen MR) is 103 cm³/mol. The molecule has 0 aromatic carbocycles. The molecule has 0 radical (unpaired) electrons. The van der Waals surface area contributed by atoms with Gasteiger partial charge in [-0.2, -0.15) is 0 Å². The van der Waals surface area contributed by atoms with Gasteiger partial charge in [0.25, 0.3) is 0 Å². The van der Waals surface area contributed by atoms with Crippen LogP contribution >= 0.6 is 0 Å². The summed E-state index contributed by atoms with van der Waals surface area (Å²) in [6.45, 7) is 9.43. The van der Waals surface area contributed by atoms with Crippen molar-refractivity contribution in [2.45, 2.75) is 77.3 Å². The number of hydrogen-bond acceptors (Lipinski definition) is 9. The van der Waals surface area contributed by atoms with E-state index in [0.717, 1.165) is 0 Å². The molecule has 0 saturated carbocycles. The van der Waals surface area contributed by atoms with Gasteiger partial charge in [-0.05, 0) is 41.5 Å². The maximum absolute atomic E-state index is 12.4. The highest BCUT2D eigenvalue weighted by Gasteiger charge is 2.31. The van der Waals surface area contributed by atoms with Crippen LogP contribution in [0.2, 0.25) is 0 Å². The van der Waals surface area contributed by atoms with Crippen LogP contribution in [0.25, 0.3) is 0 Å². The lowest BCUT2D eigenvalue weighted by Gasteiger charge is -2.26. The molecular formula is C18H33N3O8. The van der Waals surface area contributed by atoms with Crippen molar-refractivity contribution in [1.29, 1.82) is 0 Å². The van der Waals surface area contributed by atoms with E-state index in [4.69, 9.17) is 20.3 Å². The van der Waals surface area contributed by atoms with E-state index in [1.807, 2.05) is 0 Å². The maximum Gasteiger partial charge on any atom is 0.324 e. The highest BCUT2D eigenvalue weighted by molar-refractivity contribution is 5.83. The van der Waals surface area contributed by atoms with Crippen LogP contribution in [0, 0.1) is 0 Å². The lowest BCUT2D eigenvalue weighted by atomic mass is 10.1. The molecule has 0 aromatic heterocycles. The molecule has 0 fully saturated rings. The zero-order chi connectivity index (χ0) is 23.0. The Morgan fingerprint density at radius 2 is 1.31 bits per heavy atom. The van der Waals surface area contributed by atoms with Crippen LogP contribution in [0.4, 0.5) is 0 Å². The van der Waals surface area contributed by atoms with Crippen molar-refractivity contribution in [3.63, 3.8) is 0 Å². The maximum atomic E-state index is 12.4. The van der Waals surface area contributed by atoms with E-state index in [2.05, 4.69) is 10.6 Å². The van der Waals surface area contributed by atoms with E-state index in [1.165, 1.54) is 0 Å². The summed E-state index contributed by atoms with van der Waals surface area (Å²) in [7, 11) is 0. The zero-order valence-corrected chi connectivity index (χ0v) is 17.8. The summed E-state index contributed by atoms with van der Waals surface area (Å²) in [6.07, 6.45) is -0.368. The molecule has 0 saturated heterocycles. The molecule has 0 aliphatic carbocycles. The third kappa shape index (κ3) is 12.8. The van der Waals surface area contributed by atoms with Crippen molar-refractivity contribution in [1.82, 2.24) is 10.6 Å². The molecule has 0 aliphatic heterocycles. The number of aliphatic carboxylic acids is 2. The van der Waals surface area contributed by atoms with Crippen molar-refractivity contribution in [3.05, 3.63) is 0 Å². The fourth-order valence-electron chi connectivity index (χ4n) is 2.03.